The second-order valence-corrected chi connectivity index (χ2v) is 5.70. The van der Waals surface area contributed by atoms with Crippen LogP contribution in [0.3, 0.4) is 0 Å². The molecule has 18 heavy (non-hydrogen) atoms. The van der Waals surface area contributed by atoms with Crippen LogP contribution in [-0.4, -0.2) is 42.4 Å². The van der Waals surface area contributed by atoms with Crippen molar-refractivity contribution in [3.63, 3.8) is 0 Å². The summed E-state index contributed by atoms with van der Waals surface area (Å²) < 4.78 is 0. The molecule has 0 spiro atoms. The zero-order chi connectivity index (χ0) is 13.8. The standard InChI is InChI=1S/C13H25N3O2/c1-10(2)15-7-4-5-11(17)16-8-6-13(3,9-16)12(14)18/h10,15H,4-9H2,1-3H3,(H2,14,18). The van der Waals surface area contributed by atoms with E-state index in [4.69, 9.17) is 5.73 Å². The average Bonchev–Trinajstić information content (AvgIpc) is 2.68. The van der Waals surface area contributed by atoms with Crippen LogP contribution in [0.4, 0.5) is 0 Å². The number of carbonyl (C=O) groups excluding carboxylic acids is 2. The van der Waals surface area contributed by atoms with Gasteiger partial charge < -0.3 is 16.0 Å². The van der Waals surface area contributed by atoms with Gasteiger partial charge in [-0.1, -0.05) is 13.8 Å². The van der Waals surface area contributed by atoms with Crippen LogP contribution in [0.1, 0.15) is 40.0 Å². The summed E-state index contributed by atoms with van der Waals surface area (Å²) >= 11 is 0. The van der Waals surface area contributed by atoms with Gasteiger partial charge in [0, 0.05) is 25.6 Å². The van der Waals surface area contributed by atoms with E-state index in [0.717, 1.165) is 13.0 Å². The summed E-state index contributed by atoms with van der Waals surface area (Å²) in [4.78, 5) is 25.0. The summed E-state index contributed by atoms with van der Waals surface area (Å²) in [6, 6.07) is 0.449. The summed E-state index contributed by atoms with van der Waals surface area (Å²) in [7, 11) is 0. The molecule has 0 aromatic heterocycles. The molecule has 1 aliphatic heterocycles. The first kappa shape index (κ1) is 15.0. The number of amides is 2. The zero-order valence-electron chi connectivity index (χ0n) is 11.7. The number of hydrogen-bond acceptors (Lipinski definition) is 3. The molecule has 1 unspecified atom stereocenters. The molecule has 0 saturated carbocycles. The quantitative estimate of drug-likeness (QED) is 0.678. The third kappa shape index (κ3) is 3.98. The van der Waals surface area contributed by atoms with Crippen LogP contribution in [-0.2, 0) is 9.59 Å². The van der Waals surface area contributed by atoms with E-state index < -0.39 is 5.41 Å². The van der Waals surface area contributed by atoms with Gasteiger partial charge in [-0.2, -0.15) is 0 Å². The van der Waals surface area contributed by atoms with Crippen molar-refractivity contribution in [3.05, 3.63) is 0 Å². The number of rotatable bonds is 6. The maximum Gasteiger partial charge on any atom is 0.225 e. The number of carbonyl (C=O) groups is 2. The predicted octanol–water partition coefficient (Wildman–Crippen LogP) is 0.489. The Bertz CT molecular complexity index is 317. The second-order valence-electron chi connectivity index (χ2n) is 5.70. The first-order chi connectivity index (χ1) is 8.35. The fourth-order valence-corrected chi connectivity index (χ4v) is 2.16. The minimum Gasteiger partial charge on any atom is -0.369 e. The monoisotopic (exact) mass is 255 g/mol. The van der Waals surface area contributed by atoms with Crippen molar-refractivity contribution >= 4 is 11.8 Å². The van der Waals surface area contributed by atoms with Gasteiger partial charge in [0.1, 0.15) is 0 Å². The Balaban J connectivity index is 2.30. The number of likely N-dealkylation sites (tertiary alicyclic amines) is 1. The summed E-state index contributed by atoms with van der Waals surface area (Å²) in [5, 5.41) is 3.28. The van der Waals surface area contributed by atoms with E-state index in [1.165, 1.54) is 0 Å². The second kappa shape index (κ2) is 6.18. The number of nitrogens with zero attached hydrogens (tertiary/aromatic N) is 1. The van der Waals surface area contributed by atoms with Gasteiger partial charge in [0.05, 0.1) is 5.41 Å². The SMILES string of the molecule is CC(C)NCCCC(=O)N1CCC(C)(C(N)=O)C1. The molecule has 1 aliphatic rings. The minimum atomic E-state index is -0.536. The lowest BCUT2D eigenvalue weighted by atomic mass is 9.89. The number of nitrogens with two attached hydrogens (primary N) is 1. The van der Waals surface area contributed by atoms with Gasteiger partial charge in [0.25, 0.3) is 0 Å². The minimum absolute atomic E-state index is 0.130. The normalized spacial score (nSPS) is 23.7. The highest BCUT2D eigenvalue weighted by Crippen LogP contribution is 2.29. The molecule has 0 aromatic rings. The molecule has 0 bridgehead atoms. The van der Waals surface area contributed by atoms with Gasteiger partial charge in [-0.15, -0.1) is 0 Å². The molecule has 3 N–H and O–H groups in total. The molecule has 104 valence electrons. The smallest absolute Gasteiger partial charge is 0.225 e. The van der Waals surface area contributed by atoms with Gasteiger partial charge in [-0.25, -0.2) is 0 Å². The lowest BCUT2D eigenvalue weighted by molar-refractivity contribution is -0.131. The van der Waals surface area contributed by atoms with Crippen molar-refractivity contribution in [1.82, 2.24) is 10.2 Å². The average molecular weight is 255 g/mol. The van der Waals surface area contributed by atoms with Crippen molar-refractivity contribution in [1.29, 1.82) is 0 Å². The van der Waals surface area contributed by atoms with Gasteiger partial charge >= 0.3 is 0 Å². The van der Waals surface area contributed by atoms with E-state index in [9.17, 15) is 9.59 Å². The van der Waals surface area contributed by atoms with E-state index >= 15 is 0 Å². The number of hydrogen-bond donors (Lipinski definition) is 2. The van der Waals surface area contributed by atoms with Crippen molar-refractivity contribution in [2.45, 2.75) is 46.1 Å². The molecule has 1 atom stereocenters. The molecule has 5 nitrogen and oxygen atoms in total. The molecule has 1 saturated heterocycles. The number of primary amides is 1. The molecule has 0 aliphatic carbocycles. The Morgan fingerprint density at radius 1 is 1.44 bits per heavy atom. The Hall–Kier alpha value is -1.10. The van der Waals surface area contributed by atoms with Crippen LogP contribution in [0.15, 0.2) is 0 Å². The van der Waals surface area contributed by atoms with Gasteiger partial charge in [-0.3, -0.25) is 9.59 Å². The Morgan fingerprint density at radius 2 is 2.11 bits per heavy atom. The molecule has 0 radical (unpaired) electrons. The van der Waals surface area contributed by atoms with E-state index in [-0.39, 0.29) is 11.8 Å². The van der Waals surface area contributed by atoms with E-state index in [1.807, 2.05) is 6.92 Å². The highest BCUT2D eigenvalue weighted by molar-refractivity contribution is 5.83. The van der Waals surface area contributed by atoms with Crippen LogP contribution >= 0.6 is 0 Å². The molecular formula is C13H25N3O2. The molecule has 1 heterocycles. The molecular weight excluding hydrogens is 230 g/mol. The molecule has 1 fully saturated rings. The first-order valence-electron chi connectivity index (χ1n) is 6.66. The van der Waals surface area contributed by atoms with Gasteiger partial charge in [0.15, 0.2) is 0 Å². The van der Waals surface area contributed by atoms with Crippen LogP contribution < -0.4 is 11.1 Å². The van der Waals surface area contributed by atoms with Crippen molar-refractivity contribution in [2.24, 2.45) is 11.1 Å². The van der Waals surface area contributed by atoms with Crippen LogP contribution in [0.2, 0.25) is 0 Å². The first-order valence-corrected chi connectivity index (χ1v) is 6.66. The third-order valence-electron chi connectivity index (χ3n) is 3.54. The molecule has 0 aromatic carbocycles. The Morgan fingerprint density at radius 3 is 2.61 bits per heavy atom. The van der Waals surface area contributed by atoms with Gasteiger partial charge in [0.2, 0.25) is 11.8 Å². The van der Waals surface area contributed by atoms with E-state index in [1.54, 1.807) is 4.90 Å². The summed E-state index contributed by atoms with van der Waals surface area (Å²) in [6.07, 6.45) is 2.05. The predicted molar refractivity (Wildman–Crippen MR) is 70.9 cm³/mol. The van der Waals surface area contributed by atoms with Crippen LogP contribution in [0.25, 0.3) is 0 Å². The largest absolute Gasteiger partial charge is 0.369 e. The van der Waals surface area contributed by atoms with Crippen molar-refractivity contribution in [2.75, 3.05) is 19.6 Å². The lowest BCUT2D eigenvalue weighted by Crippen LogP contribution is -2.38. The maximum atomic E-state index is 11.9. The lowest BCUT2D eigenvalue weighted by Gasteiger charge is -2.21. The van der Waals surface area contributed by atoms with E-state index in [2.05, 4.69) is 19.2 Å². The topological polar surface area (TPSA) is 75.4 Å². The molecule has 1 rings (SSSR count). The van der Waals surface area contributed by atoms with Crippen molar-refractivity contribution in [3.8, 4) is 0 Å². The van der Waals surface area contributed by atoms with Gasteiger partial charge in [-0.05, 0) is 26.3 Å². The van der Waals surface area contributed by atoms with E-state index in [0.29, 0.717) is 32.0 Å². The third-order valence-corrected chi connectivity index (χ3v) is 3.54. The maximum absolute atomic E-state index is 11.9. The fourth-order valence-electron chi connectivity index (χ4n) is 2.16. The zero-order valence-corrected chi connectivity index (χ0v) is 11.7. The molecule has 2 amide bonds. The summed E-state index contributed by atoms with van der Waals surface area (Å²) in [5.41, 5.74) is 4.83. The number of nitrogens with one attached hydrogen (secondary N) is 1. The summed E-state index contributed by atoms with van der Waals surface area (Å²) in [6.45, 7) is 7.98. The summed E-state index contributed by atoms with van der Waals surface area (Å²) in [5.74, 6) is -0.176. The molecule has 5 heteroatoms. The van der Waals surface area contributed by atoms with Crippen molar-refractivity contribution < 1.29 is 9.59 Å². The Kier molecular flexibility index (Phi) is 5.14. The highest BCUT2D eigenvalue weighted by atomic mass is 16.2. The Labute approximate surface area is 109 Å². The van der Waals surface area contributed by atoms with Crippen LogP contribution in [0.5, 0.6) is 0 Å². The highest BCUT2D eigenvalue weighted by Gasteiger charge is 2.40. The fraction of sp³-hybridized carbons (Fsp3) is 0.846. The van der Waals surface area contributed by atoms with Crippen LogP contribution in [0, 0.1) is 5.41 Å².